The van der Waals surface area contributed by atoms with Crippen LogP contribution in [0.1, 0.15) is 11.5 Å². The van der Waals surface area contributed by atoms with Gasteiger partial charge < -0.3 is 10.5 Å². The molecule has 0 saturated heterocycles. The SMILES string of the molecule is COC[C@@H](CN)c1ccc(-c2ccc(F)c(Cl)c2)cc1. The molecule has 2 N–H and O–H groups in total. The van der Waals surface area contributed by atoms with Crippen LogP contribution in [-0.2, 0) is 4.74 Å². The average molecular weight is 294 g/mol. The molecule has 0 heterocycles. The molecule has 1 atom stereocenters. The van der Waals surface area contributed by atoms with Gasteiger partial charge in [0.1, 0.15) is 5.82 Å². The van der Waals surface area contributed by atoms with Crippen molar-refractivity contribution in [2.75, 3.05) is 20.3 Å². The van der Waals surface area contributed by atoms with Gasteiger partial charge in [-0.1, -0.05) is 41.9 Å². The monoisotopic (exact) mass is 293 g/mol. The number of methoxy groups -OCH3 is 1. The summed E-state index contributed by atoms with van der Waals surface area (Å²) in [5.74, 6) is -0.221. The number of nitrogens with two attached hydrogens (primary N) is 1. The smallest absolute Gasteiger partial charge is 0.141 e. The van der Waals surface area contributed by atoms with Crippen LogP contribution in [0.2, 0.25) is 5.02 Å². The third-order valence-corrected chi connectivity index (χ3v) is 3.58. The Morgan fingerprint density at radius 1 is 1.15 bits per heavy atom. The molecule has 2 rings (SSSR count). The molecule has 0 aromatic heterocycles. The van der Waals surface area contributed by atoms with Gasteiger partial charge in [0.05, 0.1) is 11.6 Å². The van der Waals surface area contributed by atoms with Gasteiger partial charge in [0.15, 0.2) is 0 Å². The van der Waals surface area contributed by atoms with Crippen LogP contribution in [0, 0.1) is 5.82 Å². The van der Waals surface area contributed by atoms with Crippen LogP contribution >= 0.6 is 11.6 Å². The Kier molecular flexibility index (Phi) is 5.12. The molecule has 0 saturated carbocycles. The second-order valence-corrected chi connectivity index (χ2v) is 5.05. The summed E-state index contributed by atoms with van der Waals surface area (Å²) in [7, 11) is 1.66. The minimum atomic E-state index is -0.407. The van der Waals surface area contributed by atoms with Crippen LogP contribution in [0.5, 0.6) is 0 Å². The molecule has 2 aromatic rings. The lowest BCUT2D eigenvalue weighted by atomic mass is 9.97. The Bertz CT molecular complexity index is 571. The van der Waals surface area contributed by atoms with Gasteiger partial charge in [-0.3, -0.25) is 0 Å². The number of hydrogen-bond acceptors (Lipinski definition) is 2. The predicted octanol–water partition coefficient (Wildman–Crippen LogP) is 3.83. The summed E-state index contributed by atoms with van der Waals surface area (Å²) in [6, 6.07) is 12.7. The first-order chi connectivity index (χ1) is 9.65. The van der Waals surface area contributed by atoms with Gasteiger partial charge in [0.2, 0.25) is 0 Å². The maximum Gasteiger partial charge on any atom is 0.141 e. The summed E-state index contributed by atoms with van der Waals surface area (Å²) < 4.78 is 18.3. The molecule has 0 unspecified atom stereocenters. The molecule has 0 amide bonds. The van der Waals surface area contributed by atoms with Crippen molar-refractivity contribution >= 4 is 11.6 Å². The van der Waals surface area contributed by atoms with Crippen molar-refractivity contribution in [3.8, 4) is 11.1 Å². The maximum atomic E-state index is 13.2. The van der Waals surface area contributed by atoms with E-state index in [1.54, 1.807) is 19.2 Å². The summed E-state index contributed by atoms with van der Waals surface area (Å²) in [6.07, 6.45) is 0. The zero-order chi connectivity index (χ0) is 14.5. The molecule has 20 heavy (non-hydrogen) atoms. The fraction of sp³-hybridized carbons (Fsp3) is 0.250. The van der Waals surface area contributed by atoms with Gasteiger partial charge in [0, 0.05) is 19.6 Å². The standard InChI is InChI=1S/C16H17ClFNO/c1-20-10-14(9-19)12-4-2-11(3-5-12)13-6-7-16(18)15(17)8-13/h2-8,14H,9-10,19H2,1H3/t14-/m1/s1. The van der Waals surface area contributed by atoms with E-state index in [-0.39, 0.29) is 10.9 Å². The van der Waals surface area contributed by atoms with Gasteiger partial charge in [-0.15, -0.1) is 0 Å². The molecule has 2 nitrogen and oxygen atoms in total. The average Bonchev–Trinajstić information content (AvgIpc) is 2.48. The normalized spacial score (nSPS) is 12.4. The summed E-state index contributed by atoms with van der Waals surface area (Å²) >= 11 is 5.80. The highest BCUT2D eigenvalue weighted by Crippen LogP contribution is 2.26. The van der Waals surface area contributed by atoms with Gasteiger partial charge in [-0.25, -0.2) is 4.39 Å². The molecular weight excluding hydrogens is 277 g/mol. The first-order valence-corrected chi connectivity index (χ1v) is 6.78. The molecule has 0 fully saturated rings. The summed E-state index contributed by atoms with van der Waals surface area (Å²) in [4.78, 5) is 0. The van der Waals surface area contributed by atoms with Crippen LogP contribution < -0.4 is 5.73 Å². The topological polar surface area (TPSA) is 35.2 Å². The molecule has 2 aromatic carbocycles. The molecule has 0 aliphatic rings. The number of halogens is 2. The van der Waals surface area contributed by atoms with Crippen LogP contribution in [0.3, 0.4) is 0 Å². The highest BCUT2D eigenvalue weighted by atomic mass is 35.5. The Morgan fingerprint density at radius 3 is 2.35 bits per heavy atom. The van der Waals surface area contributed by atoms with Crippen LogP contribution in [0.4, 0.5) is 4.39 Å². The zero-order valence-corrected chi connectivity index (χ0v) is 12.0. The molecular formula is C16H17ClFNO. The predicted molar refractivity (Wildman–Crippen MR) is 80.5 cm³/mol. The van der Waals surface area contributed by atoms with Crippen molar-refractivity contribution in [1.29, 1.82) is 0 Å². The molecule has 0 radical (unpaired) electrons. The van der Waals surface area contributed by atoms with Crippen LogP contribution in [0.25, 0.3) is 11.1 Å². The van der Waals surface area contributed by atoms with Crippen molar-refractivity contribution in [2.45, 2.75) is 5.92 Å². The molecule has 0 aliphatic heterocycles. The second kappa shape index (κ2) is 6.84. The van der Waals surface area contributed by atoms with Crippen LogP contribution in [0.15, 0.2) is 42.5 Å². The van der Waals surface area contributed by atoms with Crippen molar-refractivity contribution in [3.05, 3.63) is 58.9 Å². The highest BCUT2D eigenvalue weighted by molar-refractivity contribution is 6.31. The molecule has 106 valence electrons. The number of benzene rings is 2. The van der Waals surface area contributed by atoms with E-state index in [1.165, 1.54) is 6.07 Å². The summed E-state index contributed by atoms with van der Waals surface area (Å²) in [5, 5.41) is 0.130. The van der Waals surface area contributed by atoms with Crippen molar-refractivity contribution in [2.24, 2.45) is 5.73 Å². The fourth-order valence-electron chi connectivity index (χ4n) is 2.12. The van der Waals surface area contributed by atoms with E-state index >= 15 is 0 Å². The van der Waals surface area contributed by atoms with E-state index in [9.17, 15) is 4.39 Å². The van der Waals surface area contributed by atoms with Gasteiger partial charge in [-0.05, 0) is 28.8 Å². The minimum absolute atomic E-state index is 0.130. The first-order valence-electron chi connectivity index (χ1n) is 6.40. The second-order valence-electron chi connectivity index (χ2n) is 4.64. The van der Waals surface area contributed by atoms with E-state index in [4.69, 9.17) is 22.1 Å². The van der Waals surface area contributed by atoms with E-state index in [2.05, 4.69) is 0 Å². The summed E-state index contributed by atoms with van der Waals surface area (Å²) in [5.41, 5.74) is 8.75. The van der Waals surface area contributed by atoms with E-state index in [0.717, 1.165) is 16.7 Å². The minimum Gasteiger partial charge on any atom is -0.384 e. The molecule has 0 bridgehead atoms. The first kappa shape index (κ1) is 15.0. The maximum absolute atomic E-state index is 13.2. The Labute approximate surface area is 123 Å². The Balaban J connectivity index is 2.25. The zero-order valence-electron chi connectivity index (χ0n) is 11.3. The van der Waals surface area contributed by atoms with Crippen molar-refractivity contribution in [3.63, 3.8) is 0 Å². The number of ether oxygens (including phenoxy) is 1. The van der Waals surface area contributed by atoms with E-state index in [1.807, 2.05) is 24.3 Å². The molecule has 4 heteroatoms. The van der Waals surface area contributed by atoms with Gasteiger partial charge >= 0.3 is 0 Å². The molecule has 0 aliphatic carbocycles. The lowest BCUT2D eigenvalue weighted by Crippen LogP contribution is -2.17. The quantitative estimate of drug-likeness (QED) is 0.909. The Hall–Kier alpha value is -1.42. The largest absolute Gasteiger partial charge is 0.384 e. The van der Waals surface area contributed by atoms with E-state index in [0.29, 0.717) is 13.2 Å². The number of rotatable bonds is 5. The third-order valence-electron chi connectivity index (χ3n) is 3.29. The van der Waals surface area contributed by atoms with Crippen LogP contribution in [-0.4, -0.2) is 20.3 Å². The van der Waals surface area contributed by atoms with E-state index < -0.39 is 5.82 Å². The lowest BCUT2D eigenvalue weighted by molar-refractivity contribution is 0.181. The fourth-order valence-corrected chi connectivity index (χ4v) is 2.31. The molecule has 0 spiro atoms. The lowest BCUT2D eigenvalue weighted by Gasteiger charge is -2.14. The van der Waals surface area contributed by atoms with Crippen molar-refractivity contribution in [1.82, 2.24) is 0 Å². The summed E-state index contributed by atoms with van der Waals surface area (Å²) in [6.45, 7) is 1.13. The Morgan fingerprint density at radius 2 is 1.80 bits per heavy atom. The highest BCUT2D eigenvalue weighted by Gasteiger charge is 2.10. The van der Waals surface area contributed by atoms with Gasteiger partial charge in [-0.2, -0.15) is 0 Å². The number of hydrogen-bond donors (Lipinski definition) is 1. The van der Waals surface area contributed by atoms with Gasteiger partial charge in [0.25, 0.3) is 0 Å². The van der Waals surface area contributed by atoms with Crippen molar-refractivity contribution < 1.29 is 9.13 Å². The third kappa shape index (κ3) is 3.37.